The van der Waals surface area contributed by atoms with Gasteiger partial charge in [-0.1, -0.05) is 53.4 Å². The van der Waals surface area contributed by atoms with E-state index >= 15 is 0 Å². The molecule has 0 bridgehead atoms. The molecule has 0 fully saturated rings. The van der Waals surface area contributed by atoms with Gasteiger partial charge in [0.05, 0.1) is 0 Å². The number of hydrogen-bond donors (Lipinski definition) is 2. The molecule has 0 saturated carbocycles. The monoisotopic (exact) mass is 322 g/mol. The summed E-state index contributed by atoms with van der Waals surface area (Å²) < 4.78 is 0.676. The van der Waals surface area contributed by atoms with Crippen LogP contribution in [0.4, 0.5) is 4.79 Å². The molecule has 0 spiro atoms. The second-order valence-electron chi connectivity index (χ2n) is 3.96. The van der Waals surface area contributed by atoms with Crippen molar-refractivity contribution in [3.8, 4) is 0 Å². The summed E-state index contributed by atoms with van der Waals surface area (Å²) in [6.45, 7) is 2.24. The third-order valence-electron chi connectivity index (χ3n) is 2.47. The number of aromatic nitrogens is 2. The minimum absolute atomic E-state index is 0.382. The molecular formula is C13H14N4O2S2. The van der Waals surface area contributed by atoms with Crippen LogP contribution in [0, 0.1) is 0 Å². The zero-order valence-electron chi connectivity index (χ0n) is 11.3. The Morgan fingerprint density at radius 1 is 1.33 bits per heavy atom. The van der Waals surface area contributed by atoms with Crippen molar-refractivity contribution in [1.29, 1.82) is 0 Å². The number of nitrogens with zero attached hydrogens (tertiary/aromatic N) is 2. The van der Waals surface area contributed by atoms with Gasteiger partial charge in [-0.05, 0) is 12.5 Å². The van der Waals surface area contributed by atoms with Crippen LogP contribution < -0.4 is 10.6 Å². The van der Waals surface area contributed by atoms with Gasteiger partial charge < -0.3 is 5.32 Å². The zero-order chi connectivity index (χ0) is 15.1. The fourth-order valence-corrected chi connectivity index (χ4v) is 3.27. The Morgan fingerprint density at radius 3 is 2.71 bits per heavy atom. The molecule has 0 unspecified atom stereocenters. The summed E-state index contributed by atoms with van der Waals surface area (Å²) in [6.07, 6.45) is 0. The minimum atomic E-state index is -0.554. The number of urea groups is 1. The van der Waals surface area contributed by atoms with Gasteiger partial charge in [-0.3, -0.25) is 10.1 Å². The third-order valence-corrected chi connectivity index (χ3v) is 4.54. The number of hydrogen-bond acceptors (Lipinski definition) is 6. The van der Waals surface area contributed by atoms with Crippen molar-refractivity contribution in [2.45, 2.75) is 16.5 Å². The van der Waals surface area contributed by atoms with Gasteiger partial charge in [0.25, 0.3) is 0 Å². The van der Waals surface area contributed by atoms with Crippen molar-refractivity contribution in [2.24, 2.45) is 0 Å². The number of carbonyl (C=O) groups excluding carboxylic acids is 2. The third kappa shape index (κ3) is 4.54. The summed E-state index contributed by atoms with van der Waals surface area (Å²) in [5, 5.41) is 12.0. The highest BCUT2D eigenvalue weighted by atomic mass is 32.2. The quantitative estimate of drug-likeness (QED) is 0.825. The molecule has 0 saturated heterocycles. The van der Waals surface area contributed by atoms with E-state index in [-0.39, 0.29) is 5.91 Å². The normalized spacial score (nSPS) is 11.7. The second kappa shape index (κ2) is 7.75. The molecule has 0 aliphatic carbocycles. The summed E-state index contributed by atoms with van der Waals surface area (Å²) in [4.78, 5) is 23.8. The van der Waals surface area contributed by atoms with E-state index in [9.17, 15) is 9.59 Å². The predicted octanol–water partition coefficient (Wildman–Crippen LogP) is 2.22. The van der Waals surface area contributed by atoms with Crippen LogP contribution in [0.1, 0.15) is 17.7 Å². The molecule has 21 heavy (non-hydrogen) atoms. The van der Waals surface area contributed by atoms with E-state index in [1.165, 1.54) is 23.1 Å². The highest BCUT2D eigenvalue weighted by Gasteiger charge is 2.24. The summed E-state index contributed by atoms with van der Waals surface area (Å²) in [7, 11) is 0. The molecule has 0 aliphatic rings. The Kier molecular flexibility index (Phi) is 5.70. The predicted molar refractivity (Wildman–Crippen MR) is 82.2 cm³/mol. The van der Waals surface area contributed by atoms with E-state index in [4.69, 9.17) is 0 Å². The largest absolute Gasteiger partial charge is 0.338 e. The maximum atomic E-state index is 12.3. The van der Waals surface area contributed by atoms with Crippen LogP contribution in [0.3, 0.4) is 0 Å². The summed E-state index contributed by atoms with van der Waals surface area (Å²) in [5.41, 5.74) is 2.41. The summed E-state index contributed by atoms with van der Waals surface area (Å²) in [6, 6.07) is 8.76. The van der Waals surface area contributed by atoms with E-state index in [0.717, 1.165) is 5.56 Å². The average molecular weight is 322 g/mol. The van der Waals surface area contributed by atoms with Gasteiger partial charge in [-0.25, -0.2) is 4.79 Å². The van der Waals surface area contributed by atoms with Crippen LogP contribution in [0.15, 0.2) is 40.2 Å². The van der Waals surface area contributed by atoms with Gasteiger partial charge >= 0.3 is 6.03 Å². The van der Waals surface area contributed by atoms with Gasteiger partial charge in [0.15, 0.2) is 4.34 Å². The van der Waals surface area contributed by atoms with E-state index in [1.54, 1.807) is 12.4 Å². The first kappa shape index (κ1) is 15.5. The van der Waals surface area contributed by atoms with Crippen LogP contribution in [-0.2, 0) is 4.79 Å². The number of nitrogens with one attached hydrogen (secondary N) is 2. The molecule has 6 nitrogen and oxygen atoms in total. The molecule has 0 aliphatic heterocycles. The molecule has 0 radical (unpaired) electrons. The lowest BCUT2D eigenvalue weighted by atomic mass is 10.1. The zero-order valence-corrected chi connectivity index (χ0v) is 12.9. The highest BCUT2D eigenvalue weighted by molar-refractivity contribution is 8.01. The number of carbonyl (C=O) groups is 2. The smallest absolute Gasteiger partial charge is 0.321 e. The first-order valence-corrected chi connectivity index (χ1v) is 8.03. The molecule has 110 valence electrons. The molecule has 2 aromatic rings. The molecule has 1 aromatic heterocycles. The fourth-order valence-electron chi connectivity index (χ4n) is 1.60. The minimum Gasteiger partial charge on any atom is -0.338 e. The SMILES string of the molecule is CCNC(=O)NC(=O)[C@H](Sc1nncs1)c1ccccc1. The second-order valence-corrected chi connectivity index (χ2v) is 6.15. The summed E-state index contributed by atoms with van der Waals surface area (Å²) >= 11 is 2.62. The molecular weight excluding hydrogens is 308 g/mol. The van der Waals surface area contributed by atoms with E-state index in [0.29, 0.717) is 10.9 Å². The van der Waals surface area contributed by atoms with Crippen molar-refractivity contribution in [1.82, 2.24) is 20.8 Å². The Hall–Kier alpha value is -1.93. The lowest BCUT2D eigenvalue weighted by molar-refractivity contribution is -0.119. The van der Waals surface area contributed by atoms with Gasteiger partial charge in [-0.2, -0.15) is 0 Å². The lowest BCUT2D eigenvalue weighted by Gasteiger charge is -2.14. The van der Waals surface area contributed by atoms with Crippen LogP contribution in [-0.4, -0.2) is 28.7 Å². The first-order valence-electron chi connectivity index (χ1n) is 6.27. The van der Waals surface area contributed by atoms with Crippen molar-refractivity contribution in [3.63, 3.8) is 0 Å². The Morgan fingerprint density at radius 2 is 2.10 bits per heavy atom. The van der Waals surface area contributed by atoms with E-state index in [2.05, 4.69) is 20.8 Å². The van der Waals surface area contributed by atoms with Crippen LogP contribution in [0.5, 0.6) is 0 Å². The van der Waals surface area contributed by atoms with Crippen LogP contribution >= 0.6 is 23.1 Å². The number of rotatable bonds is 5. The van der Waals surface area contributed by atoms with Crippen LogP contribution in [0.25, 0.3) is 0 Å². The number of benzene rings is 1. The van der Waals surface area contributed by atoms with Crippen molar-refractivity contribution in [3.05, 3.63) is 41.4 Å². The van der Waals surface area contributed by atoms with Crippen molar-refractivity contribution in [2.75, 3.05) is 6.54 Å². The molecule has 1 aromatic carbocycles. The van der Waals surface area contributed by atoms with Gasteiger partial charge in [0.1, 0.15) is 10.8 Å². The molecule has 2 rings (SSSR count). The number of thioether (sulfide) groups is 1. The Labute approximate surface area is 130 Å². The molecule has 8 heteroatoms. The average Bonchev–Trinajstić information content (AvgIpc) is 2.99. The van der Waals surface area contributed by atoms with Gasteiger partial charge in [-0.15, -0.1) is 10.2 Å². The Balaban J connectivity index is 2.15. The molecule has 3 amide bonds. The van der Waals surface area contributed by atoms with Crippen LogP contribution in [0.2, 0.25) is 0 Å². The standard InChI is InChI=1S/C13H14N4O2S2/c1-2-14-12(19)16-11(18)10(9-6-4-3-5-7-9)21-13-17-15-8-20-13/h3-8,10H,2H2,1H3,(H2,14,16,18,19)/t10-/m1/s1. The first-order chi connectivity index (χ1) is 10.2. The summed E-state index contributed by atoms with van der Waals surface area (Å²) in [5.74, 6) is -0.382. The van der Waals surface area contributed by atoms with Crippen molar-refractivity contribution >= 4 is 35.0 Å². The topological polar surface area (TPSA) is 84.0 Å². The molecule has 1 atom stereocenters. The molecule has 2 N–H and O–H groups in total. The maximum absolute atomic E-state index is 12.3. The fraction of sp³-hybridized carbons (Fsp3) is 0.231. The highest BCUT2D eigenvalue weighted by Crippen LogP contribution is 2.35. The lowest BCUT2D eigenvalue weighted by Crippen LogP contribution is -2.41. The number of amides is 3. The van der Waals surface area contributed by atoms with E-state index < -0.39 is 11.3 Å². The molecule has 1 heterocycles. The number of imide groups is 1. The maximum Gasteiger partial charge on any atom is 0.321 e. The van der Waals surface area contributed by atoms with Gasteiger partial charge in [0.2, 0.25) is 5.91 Å². The van der Waals surface area contributed by atoms with Gasteiger partial charge in [0, 0.05) is 6.54 Å². The van der Waals surface area contributed by atoms with Crippen molar-refractivity contribution < 1.29 is 9.59 Å². The van der Waals surface area contributed by atoms with E-state index in [1.807, 2.05) is 30.3 Å². The Bertz CT molecular complexity index is 589.